The molecular weight excluding hydrogens is 258 g/mol. The number of likely N-dealkylation sites (N-methyl/N-ethyl adjacent to an activating group) is 1. The molecule has 21 heavy (non-hydrogen) atoms. The van der Waals surface area contributed by atoms with Crippen LogP contribution in [0.4, 0.5) is 0 Å². The summed E-state index contributed by atoms with van der Waals surface area (Å²) in [6, 6.07) is 11.2. The van der Waals surface area contributed by atoms with Gasteiger partial charge in [0.1, 0.15) is 0 Å². The largest absolute Gasteiger partial charge is 0.317 e. The van der Waals surface area contributed by atoms with E-state index in [0.29, 0.717) is 0 Å². The van der Waals surface area contributed by atoms with Gasteiger partial charge < -0.3 is 5.32 Å². The Bertz CT molecular complexity index is 540. The lowest BCUT2D eigenvalue weighted by molar-refractivity contribution is 0.640. The van der Waals surface area contributed by atoms with Crippen LogP contribution in [0, 0.1) is 0 Å². The molecule has 0 aliphatic carbocycles. The summed E-state index contributed by atoms with van der Waals surface area (Å²) in [5, 5.41) is 8.05. The van der Waals surface area contributed by atoms with Crippen molar-refractivity contribution in [3.63, 3.8) is 0 Å². The number of hydrogen-bond acceptors (Lipinski definition) is 2. The summed E-state index contributed by atoms with van der Waals surface area (Å²) in [5.74, 6) is 0. The molecule has 0 fully saturated rings. The molecule has 0 saturated carbocycles. The van der Waals surface area contributed by atoms with E-state index < -0.39 is 0 Å². The Kier molecular flexibility index (Phi) is 6.00. The molecule has 0 atom stereocenters. The summed E-state index contributed by atoms with van der Waals surface area (Å²) in [5.41, 5.74) is 5.23. The van der Waals surface area contributed by atoms with Crippen LogP contribution in [-0.2, 0) is 25.8 Å². The van der Waals surface area contributed by atoms with Crippen molar-refractivity contribution in [2.75, 3.05) is 13.1 Å². The van der Waals surface area contributed by atoms with E-state index in [1.807, 2.05) is 0 Å². The van der Waals surface area contributed by atoms with Crippen molar-refractivity contribution in [3.8, 4) is 0 Å². The molecule has 1 N–H and O–H groups in total. The van der Waals surface area contributed by atoms with Crippen molar-refractivity contribution < 1.29 is 0 Å². The summed E-state index contributed by atoms with van der Waals surface area (Å²) in [6.07, 6.45) is 3.13. The van der Waals surface area contributed by atoms with Crippen LogP contribution in [0.1, 0.15) is 43.3 Å². The quantitative estimate of drug-likeness (QED) is 0.755. The monoisotopic (exact) mass is 285 g/mol. The maximum Gasteiger partial charge on any atom is 0.0662 e. The van der Waals surface area contributed by atoms with E-state index in [4.69, 9.17) is 0 Å². The normalized spacial score (nSPS) is 11.0. The number of benzene rings is 1. The Morgan fingerprint density at radius 3 is 2.33 bits per heavy atom. The Hall–Kier alpha value is -1.61. The molecule has 1 heterocycles. The second kappa shape index (κ2) is 7.99. The van der Waals surface area contributed by atoms with E-state index in [0.717, 1.165) is 38.9 Å². The molecule has 1 aromatic carbocycles. The number of aromatic nitrogens is 2. The van der Waals surface area contributed by atoms with E-state index in [2.05, 4.69) is 66.2 Å². The van der Waals surface area contributed by atoms with Crippen LogP contribution in [0.15, 0.2) is 30.3 Å². The first-order valence-corrected chi connectivity index (χ1v) is 8.10. The molecule has 0 bridgehead atoms. The number of aryl methyl sites for hydroxylation is 2. The molecule has 0 radical (unpaired) electrons. The molecule has 0 amide bonds. The second-order valence-corrected chi connectivity index (χ2v) is 5.41. The first-order valence-electron chi connectivity index (χ1n) is 8.10. The topological polar surface area (TPSA) is 29.9 Å². The molecule has 2 aromatic rings. The molecule has 2 rings (SSSR count). The first kappa shape index (κ1) is 15.8. The molecule has 0 spiro atoms. The third-order valence-electron chi connectivity index (χ3n) is 3.83. The maximum atomic E-state index is 4.68. The minimum absolute atomic E-state index is 0.872. The van der Waals surface area contributed by atoms with Crippen LogP contribution in [0.25, 0.3) is 0 Å². The van der Waals surface area contributed by atoms with Gasteiger partial charge in [-0.2, -0.15) is 5.10 Å². The lowest BCUT2D eigenvalue weighted by Gasteiger charge is -2.08. The van der Waals surface area contributed by atoms with Gasteiger partial charge in [-0.1, -0.05) is 45.0 Å². The van der Waals surface area contributed by atoms with Crippen LogP contribution in [0.2, 0.25) is 0 Å². The van der Waals surface area contributed by atoms with Crippen LogP contribution in [0.3, 0.4) is 0 Å². The van der Waals surface area contributed by atoms with Gasteiger partial charge in [-0.25, -0.2) is 0 Å². The average Bonchev–Trinajstić information content (AvgIpc) is 2.91. The molecule has 1 aromatic heterocycles. The summed E-state index contributed by atoms with van der Waals surface area (Å²) in [4.78, 5) is 0. The number of rotatable bonds is 8. The van der Waals surface area contributed by atoms with Gasteiger partial charge in [0.05, 0.1) is 12.2 Å². The molecule has 0 aliphatic heterocycles. The van der Waals surface area contributed by atoms with Crippen LogP contribution < -0.4 is 5.32 Å². The van der Waals surface area contributed by atoms with Crippen LogP contribution in [0.5, 0.6) is 0 Å². The van der Waals surface area contributed by atoms with Crippen molar-refractivity contribution in [2.45, 2.75) is 46.6 Å². The molecule has 114 valence electrons. The zero-order valence-electron chi connectivity index (χ0n) is 13.5. The van der Waals surface area contributed by atoms with Gasteiger partial charge in [-0.3, -0.25) is 4.68 Å². The minimum Gasteiger partial charge on any atom is -0.317 e. The third kappa shape index (κ3) is 4.43. The third-order valence-corrected chi connectivity index (χ3v) is 3.83. The van der Waals surface area contributed by atoms with Gasteiger partial charge in [0.25, 0.3) is 0 Å². The van der Waals surface area contributed by atoms with E-state index in [-0.39, 0.29) is 0 Å². The van der Waals surface area contributed by atoms with Crippen molar-refractivity contribution in [2.24, 2.45) is 0 Å². The van der Waals surface area contributed by atoms with Crippen LogP contribution in [-0.4, -0.2) is 22.9 Å². The summed E-state index contributed by atoms with van der Waals surface area (Å²) in [7, 11) is 0. The fourth-order valence-corrected chi connectivity index (χ4v) is 2.50. The fraction of sp³-hybridized carbons (Fsp3) is 0.500. The average molecular weight is 285 g/mol. The predicted octanol–water partition coefficient (Wildman–Crippen LogP) is 3.21. The first-order chi connectivity index (χ1) is 10.3. The lowest BCUT2D eigenvalue weighted by atomic mass is 10.1. The fourth-order valence-electron chi connectivity index (χ4n) is 2.50. The Labute approximate surface area is 128 Å². The second-order valence-electron chi connectivity index (χ2n) is 5.41. The number of nitrogens with zero attached hydrogens (tertiary/aromatic N) is 2. The summed E-state index contributed by atoms with van der Waals surface area (Å²) >= 11 is 0. The minimum atomic E-state index is 0.872. The van der Waals surface area contributed by atoms with Gasteiger partial charge in [0.2, 0.25) is 0 Å². The van der Waals surface area contributed by atoms with E-state index in [1.54, 1.807) is 0 Å². The van der Waals surface area contributed by atoms with Crippen molar-refractivity contribution in [1.29, 1.82) is 0 Å². The van der Waals surface area contributed by atoms with Gasteiger partial charge in [0.15, 0.2) is 0 Å². The maximum absolute atomic E-state index is 4.68. The lowest BCUT2D eigenvalue weighted by Crippen LogP contribution is -2.16. The highest BCUT2D eigenvalue weighted by Gasteiger charge is 2.06. The van der Waals surface area contributed by atoms with Crippen molar-refractivity contribution in [3.05, 3.63) is 52.8 Å². The smallest absolute Gasteiger partial charge is 0.0662 e. The van der Waals surface area contributed by atoms with E-state index in [9.17, 15) is 0 Å². The zero-order chi connectivity index (χ0) is 15.1. The Balaban J connectivity index is 2.01. The van der Waals surface area contributed by atoms with Crippen molar-refractivity contribution >= 4 is 0 Å². The molecule has 3 nitrogen and oxygen atoms in total. The highest BCUT2D eigenvalue weighted by molar-refractivity contribution is 5.24. The molecule has 0 unspecified atom stereocenters. The van der Waals surface area contributed by atoms with Gasteiger partial charge in [-0.15, -0.1) is 0 Å². The van der Waals surface area contributed by atoms with Gasteiger partial charge >= 0.3 is 0 Å². The predicted molar refractivity (Wildman–Crippen MR) is 88.8 cm³/mol. The van der Waals surface area contributed by atoms with E-state index in [1.165, 1.54) is 22.5 Å². The molecule has 0 aliphatic rings. The highest BCUT2D eigenvalue weighted by atomic mass is 15.3. The SMILES string of the molecule is CCNCCc1ccc(Cn2nc(CC)cc2CC)cc1. The van der Waals surface area contributed by atoms with Crippen molar-refractivity contribution in [1.82, 2.24) is 15.1 Å². The molecule has 0 saturated heterocycles. The molecule has 3 heteroatoms. The standard InChI is InChI=1S/C18H27N3/c1-4-17-13-18(5-2)21(20-17)14-16-9-7-15(8-10-16)11-12-19-6-3/h7-10,13,19H,4-6,11-12,14H2,1-3H3. The Morgan fingerprint density at radius 1 is 1.00 bits per heavy atom. The van der Waals surface area contributed by atoms with E-state index >= 15 is 0 Å². The van der Waals surface area contributed by atoms with Crippen LogP contribution >= 0.6 is 0 Å². The number of hydrogen-bond donors (Lipinski definition) is 1. The molecular formula is C18H27N3. The number of nitrogens with one attached hydrogen (secondary N) is 1. The zero-order valence-corrected chi connectivity index (χ0v) is 13.5. The highest BCUT2D eigenvalue weighted by Crippen LogP contribution is 2.11. The Morgan fingerprint density at radius 2 is 1.71 bits per heavy atom. The van der Waals surface area contributed by atoms with Gasteiger partial charge in [0, 0.05) is 5.69 Å². The summed E-state index contributed by atoms with van der Waals surface area (Å²) < 4.78 is 2.15. The van der Waals surface area contributed by atoms with Gasteiger partial charge in [-0.05, 0) is 49.5 Å². The summed E-state index contributed by atoms with van der Waals surface area (Å²) in [6.45, 7) is 9.45.